The second kappa shape index (κ2) is 12.8. The zero-order valence-corrected chi connectivity index (χ0v) is 15.8. The molecule has 0 aliphatic carbocycles. The molecule has 0 unspecified atom stereocenters. The molecule has 0 aromatic rings. The van der Waals surface area contributed by atoms with Gasteiger partial charge >= 0.3 is 95.2 Å². The van der Waals surface area contributed by atoms with Gasteiger partial charge in [-0.1, -0.05) is 0 Å². The van der Waals surface area contributed by atoms with E-state index in [0.717, 1.165) is 0 Å². The first-order valence-corrected chi connectivity index (χ1v) is 4.19. The van der Waals surface area contributed by atoms with Crippen LogP contribution in [-0.4, -0.2) is 58.1 Å². The van der Waals surface area contributed by atoms with E-state index in [0.29, 0.717) is 0 Å². The Morgan fingerprint density at radius 3 is 0.769 bits per heavy atom. The summed E-state index contributed by atoms with van der Waals surface area (Å²) in [4.78, 5) is 0. The third-order valence-corrected chi connectivity index (χ3v) is 0. The molecule has 0 spiro atoms. The zero-order valence-electron chi connectivity index (χ0n) is 9.65. The summed E-state index contributed by atoms with van der Waals surface area (Å²) >= 11 is 0. The van der Waals surface area contributed by atoms with E-state index in [1.807, 2.05) is 0 Å². The molecular weight excluding hydrogens is 321 g/mol. The summed E-state index contributed by atoms with van der Waals surface area (Å²) in [7, 11) is -9.33. The van der Waals surface area contributed by atoms with Crippen LogP contribution in [-0.2, 0) is 40.3 Å². The van der Waals surface area contributed by atoms with Crippen LogP contribution in [0.2, 0.25) is 0 Å². The molecule has 0 aliphatic heterocycles. The van der Waals surface area contributed by atoms with E-state index >= 15 is 0 Å². The van der Waals surface area contributed by atoms with Gasteiger partial charge in [0.25, 0.3) is 0 Å². The largest absolute Gasteiger partial charge is 2.00 e. The van der Waals surface area contributed by atoms with Crippen molar-refractivity contribution >= 4 is 43.9 Å². The molecule has 0 rings (SSSR count). The standard InChI is InChI=1S/K.Mg.2H2O4S.Zn.3H/c;;2*1-5(2,3)4;;;;/h;;2*(H2,1,2,3,4);;;;/q+1;+2;;;;3*-1. The fourth-order valence-electron chi connectivity index (χ4n) is 0. The van der Waals surface area contributed by atoms with Crippen LogP contribution >= 0.6 is 0 Å². The predicted octanol–water partition coefficient (Wildman–Crippen LogP) is -4.35. The predicted molar refractivity (Wildman–Crippen MR) is 37.4 cm³/mol. The van der Waals surface area contributed by atoms with Gasteiger partial charge in [-0.25, -0.2) is 0 Å². The molecule has 0 fully saturated rings. The molecule has 0 saturated heterocycles. The van der Waals surface area contributed by atoms with Crippen molar-refractivity contribution in [1.82, 2.24) is 0 Å². The van der Waals surface area contributed by atoms with Crippen molar-refractivity contribution < 1.29 is 110 Å². The van der Waals surface area contributed by atoms with Gasteiger partial charge in [0.15, 0.2) is 0 Å². The molecule has 0 aromatic carbocycles. The van der Waals surface area contributed by atoms with Gasteiger partial charge in [0.05, 0.1) is 0 Å². The van der Waals surface area contributed by atoms with E-state index in [9.17, 15) is 0 Å². The third kappa shape index (κ3) is 315. The van der Waals surface area contributed by atoms with Crippen LogP contribution in [0.5, 0.6) is 0 Å². The third-order valence-electron chi connectivity index (χ3n) is 0. The first kappa shape index (κ1) is 29.7. The molecular formula is H7KMgO8S2Zn. The van der Waals surface area contributed by atoms with Crippen LogP contribution < -0.4 is 51.4 Å². The van der Waals surface area contributed by atoms with Gasteiger partial charge in [0, 0.05) is 19.5 Å². The van der Waals surface area contributed by atoms with Gasteiger partial charge in [-0.15, -0.1) is 0 Å². The minimum absolute atomic E-state index is 0. The molecule has 0 heterocycles. The zero-order chi connectivity index (χ0) is 9.00. The fourth-order valence-corrected chi connectivity index (χ4v) is 0. The Labute approximate surface area is 151 Å². The average Bonchev–Trinajstić information content (AvgIpc) is 1.12. The van der Waals surface area contributed by atoms with E-state index in [4.69, 9.17) is 35.0 Å². The molecule has 0 radical (unpaired) electrons. The summed E-state index contributed by atoms with van der Waals surface area (Å²) in [5.74, 6) is 0. The average molecular weight is 328 g/mol. The van der Waals surface area contributed by atoms with Gasteiger partial charge in [-0.05, 0) is 0 Å². The molecule has 8 nitrogen and oxygen atoms in total. The fraction of sp³-hybridized carbons (Fsp3) is 0. The molecule has 0 amide bonds. The van der Waals surface area contributed by atoms with Crippen molar-refractivity contribution in [2.24, 2.45) is 0 Å². The number of rotatable bonds is 0. The van der Waals surface area contributed by atoms with Crippen molar-refractivity contribution in [2.45, 2.75) is 0 Å². The minimum Gasteiger partial charge on any atom is -1.00 e. The van der Waals surface area contributed by atoms with Crippen molar-refractivity contribution in [3.63, 3.8) is 0 Å². The van der Waals surface area contributed by atoms with E-state index < -0.39 is 20.8 Å². The van der Waals surface area contributed by atoms with Gasteiger partial charge in [-0.2, -0.15) is 16.8 Å². The molecule has 72 valence electrons. The molecule has 0 aliphatic rings. The second-order valence-corrected chi connectivity index (χ2v) is 2.69. The Morgan fingerprint density at radius 2 is 0.769 bits per heavy atom. The first-order valence-electron chi connectivity index (χ1n) is 1.40. The van der Waals surface area contributed by atoms with E-state index in [1.165, 1.54) is 0 Å². The van der Waals surface area contributed by atoms with Gasteiger partial charge in [-0.3, -0.25) is 18.2 Å². The van der Waals surface area contributed by atoms with Crippen LogP contribution in [0, 0.1) is 0 Å². The molecule has 0 saturated carbocycles. The van der Waals surface area contributed by atoms with Crippen LogP contribution in [0.1, 0.15) is 4.28 Å². The Balaban J connectivity index is -0.00000000970. The monoisotopic (exact) mass is 326 g/mol. The molecule has 13 heteroatoms. The Bertz CT molecular complexity index is 230. The first-order chi connectivity index (χ1) is 4.00. The topological polar surface area (TPSA) is 149 Å². The number of hydrogen-bond acceptors (Lipinski definition) is 4. The summed E-state index contributed by atoms with van der Waals surface area (Å²) in [6, 6.07) is 0. The van der Waals surface area contributed by atoms with Crippen molar-refractivity contribution in [3.05, 3.63) is 0 Å². The maximum Gasteiger partial charge on any atom is 2.00 e. The minimum atomic E-state index is -4.67. The normalized spacial score (nSPS) is 8.92. The van der Waals surface area contributed by atoms with Crippen molar-refractivity contribution in [2.75, 3.05) is 0 Å². The Morgan fingerprint density at radius 1 is 0.769 bits per heavy atom. The smallest absolute Gasteiger partial charge is 1.00 e. The van der Waals surface area contributed by atoms with Crippen molar-refractivity contribution in [1.29, 1.82) is 0 Å². The van der Waals surface area contributed by atoms with Gasteiger partial charge in [0.2, 0.25) is 0 Å². The Kier molecular flexibility index (Phi) is 29.3. The molecule has 13 heavy (non-hydrogen) atoms. The van der Waals surface area contributed by atoms with E-state index in [-0.39, 0.29) is 98.2 Å². The second-order valence-electron chi connectivity index (χ2n) is 0.896. The van der Waals surface area contributed by atoms with Gasteiger partial charge in [0.1, 0.15) is 0 Å². The summed E-state index contributed by atoms with van der Waals surface area (Å²) < 4.78 is 63.2. The maximum atomic E-state index is 8.74. The van der Waals surface area contributed by atoms with Crippen LogP contribution in [0.25, 0.3) is 0 Å². The quantitative estimate of drug-likeness (QED) is 0.257. The van der Waals surface area contributed by atoms with Crippen LogP contribution in [0.3, 0.4) is 0 Å². The summed E-state index contributed by atoms with van der Waals surface area (Å²) in [5.41, 5.74) is 0. The maximum absolute atomic E-state index is 8.74. The van der Waals surface area contributed by atoms with Crippen LogP contribution in [0.4, 0.5) is 0 Å². The summed E-state index contributed by atoms with van der Waals surface area (Å²) in [5, 5.41) is 0. The summed E-state index contributed by atoms with van der Waals surface area (Å²) in [6.07, 6.45) is 0. The molecule has 0 aromatic heterocycles. The van der Waals surface area contributed by atoms with E-state index in [1.54, 1.807) is 0 Å². The van der Waals surface area contributed by atoms with E-state index in [2.05, 4.69) is 0 Å². The molecule has 0 bridgehead atoms. The summed E-state index contributed by atoms with van der Waals surface area (Å²) in [6.45, 7) is 0. The number of hydrogen-bond donors (Lipinski definition) is 4. The van der Waals surface area contributed by atoms with Crippen LogP contribution in [0.15, 0.2) is 0 Å². The van der Waals surface area contributed by atoms with Crippen molar-refractivity contribution in [3.8, 4) is 0 Å². The Hall–Kier alpha value is 2.77. The van der Waals surface area contributed by atoms with Gasteiger partial charge < -0.3 is 4.28 Å². The molecule has 4 N–H and O–H groups in total. The SMILES string of the molecule is O=S(=O)(O)O.O=S(=O)(O)O.[H-].[H-].[H-].[K+].[Mg+2].[Zn]. The molecule has 0 atom stereocenters.